The van der Waals surface area contributed by atoms with Crippen LogP contribution in [0.4, 0.5) is 0 Å². The van der Waals surface area contributed by atoms with Gasteiger partial charge in [-0.25, -0.2) is 0 Å². The van der Waals surface area contributed by atoms with Crippen molar-refractivity contribution in [1.82, 2.24) is 9.13 Å². The number of aromatic nitrogens is 2. The second-order valence-corrected chi connectivity index (χ2v) is 3.98. The topological polar surface area (TPSA) is 67.8 Å². The van der Waals surface area contributed by atoms with Crippen molar-refractivity contribution in [3.8, 4) is 11.8 Å². The molecule has 1 heterocycles. The molecule has 2 aromatic rings. The zero-order valence-electron chi connectivity index (χ0n) is 9.21. The van der Waals surface area contributed by atoms with Crippen molar-refractivity contribution < 1.29 is 0 Å². The first-order chi connectivity index (χ1) is 8.63. The lowest BCUT2D eigenvalue weighted by molar-refractivity contribution is 0.739. The van der Waals surface area contributed by atoms with Crippen LogP contribution in [-0.2, 0) is 6.54 Å². The third-order valence-corrected chi connectivity index (χ3v) is 2.62. The van der Waals surface area contributed by atoms with Gasteiger partial charge >= 0.3 is 11.1 Å². The monoisotopic (exact) mass is 261 g/mol. The van der Waals surface area contributed by atoms with E-state index in [1.54, 1.807) is 24.3 Å². The van der Waals surface area contributed by atoms with Crippen LogP contribution in [0.5, 0.6) is 0 Å². The van der Waals surface area contributed by atoms with E-state index in [1.807, 2.05) is 6.07 Å². The normalized spacial score (nSPS) is 10.0. The predicted molar refractivity (Wildman–Crippen MR) is 66.9 cm³/mol. The quantitative estimate of drug-likeness (QED) is 0.762. The predicted octanol–water partition coefficient (Wildman–Crippen LogP) is 1.18. The number of rotatable bonds is 2. The lowest BCUT2D eigenvalue weighted by Gasteiger charge is -2.06. The summed E-state index contributed by atoms with van der Waals surface area (Å²) in [6.45, 7) is -0.148. The van der Waals surface area contributed by atoms with Crippen LogP contribution in [0.3, 0.4) is 0 Å². The molecule has 0 spiro atoms. The Hall–Kier alpha value is -2.32. The molecule has 0 aliphatic carbocycles. The second kappa shape index (κ2) is 4.90. The van der Waals surface area contributed by atoms with E-state index in [2.05, 4.69) is 0 Å². The van der Waals surface area contributed by atoms with Crippen LogP contribution in [-0.4, -0.2) is 9.13 Å². The zero-order chi connectivity index (χ0) is 13.1. The number of nitriles is 1. The van der Waals surface area contributed by atoms with Crippen LogP contribution in [0, 0.1) is 11.3 Å². The Bertz CT molecular complexity index is 740. The van der Waals surface area contributed by atoms with Crippen molar-refractivity contribution in [1.29, 1.82) is 5.26 Å². The molecular weight excluding hydrogens is 254 g/mol. The summed E-state index contributed by atoms with van der Waals surface area (Å²) in [6.07, 6.45) is 2.83. The lowest BCUT2D eigenvalue weighted by atomic mass is 10.3. The average molecular weight is 262 g/mol. The number of nitrogens with zero attached hydrogens (tertiary/aromatic N) is 3. The molecule has 6 heteroatoms. The molecule has 0 amide bonds. The standard InChI is InChI=1S/C12H8ClN3O2/c13-9-2-1-3-10(8-9)16-7-6-15(5-4-14)11(17)12(16)18/h1-3,6-8H,5H2. The molecule has 0 aliphatic heterocycles. The van der Waals surface area contributed by atoms with Crippen molar-refractivity contribution >= 4 is 11.6 Å². The summed E-state index contributed by atoms with van der Waals surface area (Å²) < 4.78 is 2.26. The molecule has 5 nitrogen and oxygen atoms in total. The minimum absolute atomic E-state index is 0.148. The third kappa shape index (κ3) is 2.19. The van der Waals surface area contributed by atoms with Crippen molar-refractivity contribution in [2.75, 3.05) is 0 Å². The maximum absolute atomic E-state index is 11.9. The van der Waals surface area contributed by atoms with Crippen molar-refractivity contribution in [3.05, 3.63) is 62.4 Å². The van der Waals surface area contributed by atoms with Crippen LogP contribution < -0.4 is 11.1 Å². The van der Waals surface area contributed by atoms with E-state index in [9.17, 15) is 9.59 Å². The summed E-state index contributed by atoms with van der Waals surface area (Å²) in [5.74, 6) is 0. The summed E-state index contributed by atoms with van der Waals surface area (Å²) in [4.78, 5) is 23.5. The highest BCUT2D eigenvalue weighted by Gasteiger charge is 2.06. The van der Waals surface area contributed by atoms with Gasteiger partial charge in [0.1, 0.15) is 6.54 Å². The highest BCUT2D eigenvalue weighted by Crippen LogP contribution is 2.12. The summed E-state index contributed by atoms with van der Waals surface area (Å²) in [6, 6.07) is 8.42. The molecule has 0 atom stereocenters. The van der Waals surface area contributed by atoms with E-state index in [0.29, 0.717) is 10.7 Å². The van der Waals surface area contributed by atoms with Crippen molar-refractivity contribution in [2.45, 2.75) is 6.54 Å². The smallest absolute Gasteiger partial charge is 0.295 e. The molecule has 2 rings (SSSR count). The molecule has 1 aromatic heterocycles. The fourth-order valence-corrected chi connectivity index (χ4v) is 1.72. The Labute approximate surface area is 107 Å². The van der Waals surface area contributed by atoms with Gasteiger partial charge in [-0.1, -0.05) is 17.7 Å². The van der Waals surface area contributed by atoms with Gasteiger partial charge in [-0.15, -0.1) is 0 Å². The van der Waals surface area contributed by atoms with Gasteiger partial charge < -0.3 is 0 Å². The fourth-order valence-electron chi connectivity index (χ4n) is 1.54. The van der Waals surface area contributed by atoms with E-state index in [0.717, 1.165) is 4.57 Å². The molecule has 0 aliphatic rings. The highest BCUT2D eigenvalue weighted by molar-refractivity contribution is 6.30. The minimum atomic E-state index is -0.737. The van der Waals surface area contributed by atoms with Crippen LogP contribution >= 0.6 is 11.6 Å². The van der Waals surface area contributed by atoms with Gasteiger partial charge in [0.05, 0.1) is 11.8 Å². The van der Waals surface area contributed by atoms with Crippen LogP contribution in [0.25, 0.3) is 5.69 Å². The Morgan fingerprint density at radius 2 is 2.00 bits per heavy atom. The SMILES string of the molecule is N#CCn1ccn(-c2cccc(Cl)c2)c(=O)c1=O. The maximum Gasteiger partial charge on any atom is 0.321 e. The molecule has 0 radical (unpaired) electrons. The first-order valence-electron chi connectivity index (χ1n) is 5.08. The molecular formula is C12H8ClN3O2. The van der Waals surface area contributed by atoms with Crippen LogP contribution in [0.1, 0.15) is 0 Å². The number of benzene rings is 1. The Morgan fingerprint density at radius 1 is 1.22 bits per heavy atom. The second-order valence-electron chi connectivity index (χ2n) is 3.54. The van der Waals surface area contributed by atoms with E-state index in [4.69, 9.17) is 16.9 Å². The molecule has 0 saturated carbocycles. The average Bonchev–Trinajstić information content (AvgIpc) is 2.35. The van der Waals surface area contributed by atoms with Gasteiger partial charge in [-0.3, -0.25) is 18.7 Å². The molecule has 1 aromatic carbocycles. The minimum Gasteiger partial charge on any atom is -0.295 e. The summed E-state index contributed by atoms with van der Waals surface area (Å²) >= 11 is 5.83. The Morgan fingerprint density at radius 3 is 2.67 bits per heavy atom. The van der Waals surface area contributed by atoms with Crippen molar-refractivity contribution in [2.24, 2.45) is 0 Å². The summed E-state index contributed by atoms with van der Waals surface area (Å²) in [7, 11) is 0. The van der Waals surface area contributed by atoms with Gasteiger partial charge in [-0.2, -0.15) is 5.26 Å². The van der Waals surface area contributed by atoms with Gasteiger partial charge in [0.15, 0.2) is 0 Å². The number of hydrogen-bond acceptors (Lipinski definition) is 3. The molecule has 0 bridgehead atoms. The summed E-state index contributed by atoms with van der Waals surface area (Å²) in [5.41, 5.74) is -0.942. The molecule has 0 saturated heterocycles. The molecule has 90 valence electrons. The highest BCUT2D eigenvalue weighted by atomic mass is 35.5. The number of hydrogen-bond donors (Lipinski definition) is 0. The van der Waals surface area contributed by atoms with E-state index in [-0.39, 0.29) is 6.54 Å². The zero-order valence-corrected chi connectivity index (χ0v) is 9.96. The molecule has 0 fully saturated rings. The van der Waals surface area contributed by atoms with Gasteiger partial charge in [0.25, 0.3) is 0 Å². The molecule has 0 N–H and O–H groups in total. The van der Waals surface area contributed by atoms with E-state index >= 15 is 0 Å². The van der Waals surface area contributed by atoms with Gasteiger partial charge in [0.2, 0.25) is 0 Å². The first-order valence-corrected chi connectivity index (χ1v) is 5.46. The molecule has 18 heavy (non-hydrogen) atoms. The number of halogens is 1. The summed E-state index contributed by atoms with van der Waals surface area (Å²) in [5, 5.41) is 8.99. The first kappa shape index (κ1) is 12.1. The third-order valence-electron chi connectivity index (χ3n) is 2.39. The van der Waals surface area contributed by atoms with Gasteiger partial charge in [-0.05, 0) is 18.2 Å². The lowest BCUT2D eigenvalue weighted by Crippen LogP contribution is -2.39. The Balaban J connectivity index is 2.62. The van der Waals surface area contributed by atoms with E-state index < -0.39 is 11.1 Å². The maximum atomic E-state index is 11.9. The van der Waals surface area contributed by atoms with Gasteiger partial charge in [0, 0.05) is 17.4 Å². The molecule has 0 unspecified atom stereocenters. The Kier molecular flexibility index (Phi) is 3.31. The fraction of sp³-hybridized carbons (Fsp3) is 0.0833. The van der Waals surface area contributed by atoms with Crippen LogP contribution in [0.15, 0.2) is 46.2 Å². The largest absolute Gasteiger partial charge is 0.321 e. The van der Waals surface area contributed by atoms with Crippen LogP contribution in [0.2, 0.25) is 5.02 Å². The van der Waals surface area contributed by atoms with E-state index in [1.165, 1.54) is 17.0 Å². The van der Waals surface area contributed by atoms with Crippen molar-refractivity contribution in [3.63, 3.8) is 0 Å².